The quantitative estimate of drug-likeness (QED) is 0.500. The minimum Gasteiger partial charge on any atom is -0.338 e. The molecular weight excluding hydrogens is 318 g/mol. The molecule has 2 aromatic carbocycles. The van der Waals surface area contributed by atoms with Crippen LogP contribution in [0.15, 0.2) is 47.4 Å². The molecule has 1 heterocycles. The third-order valence-corrected chi connectivity index (χ3v) is 4.53. The lowest BCUT2D eigenvalue weighted by Gasteiger charge is -2.00. The van der Waals surface area contributed by atoms with E-state index in [9.17, 15) is 13.2 Å². The van der Waals surface area contributed by atoms with Crippen LogP contribution in [0, 0.1) is 0 Å². The zero-order valence-electron chi connectivity index (χ0n) is 12.1. The molecule has 8 heteroatoms. The van der Waals surface area contributed by atoms with E-state index in [1.807, 2.05) is 0 Å². The van der Waals surface area contributed by atoms with Gasteiger partial charge in [-0.15, -0.1) is 0 Å². The molecule has 0 spiro atoms. The molecule has 0 aliphatic heterocycles. The Morgan fingerprint density at radius 2 is 1.87 bits per heavy atom. The minimum absolute atomic E-state index is 0.235. The maximum absolute atomic E-state index is 11.5. The van der Waals surface area contributed by atoms with E-state index < -0.39 is 15.7 Å². The normalized spacial score (nSPS) is 11.6. The summed E-state index contributed by atoms with van der Waals surface area (Å²) in [6.45, 7) is 0. The summed E-state index contributed by atoms with van der Waals surface area (Å²) < 4.78 is 22.9. The summed E-state index contributed by atoms with van der Waals surface area (Å²) >= 11 is 0. The van der Waals surface area contributed by atoms with Crippen LogP contribution in [0.5, 0.6) is 0 Å². The summed E-state index contributed by atoms with van der Waals surface area (Å²) in [6, 6.07) is 11.1. The Morgan fingerprint density at radius 1 is 1.17 bits per heavy atom. The SMILES string of the molecule is CS(=O)(=O)c1ccc(-c2nc3ccc(C(=O)NO)cc3[nH]2)cc1. The Bertz CT molecular complexity index is 991. The van der Waals surface area contributed by atoms with Crippen LogP contribution in [0.3, 0.4) is 0 Å². The summed E-state index contributed by atoms with van der Waals surface area (Å²) in [6.07, 6.45) is 1.15. The van der Waals surface area contributed by atoms with Crippen LogP contribution in [-0.2, 0) is 9.84 Å². The summed E-state index contributed by atoms with van der Waals surface area (Å²) in [5.41, 5.74) is 3.88. The molecule has 0 saturated heterocycles. The molecule has 1 amide bonds. The number of aromatic nitrogens is 2. The molecule has 0 saturated carbocycles. The molecule has 0 bridgehead atoms. The van der Waals surface area contributed by atoms with Gasteiger partial charge in [0.25, 0.3) is 5.91 Å². The monoisotopic (exact) mass is 331 g/mol. The highest BCUT2D eigenvalue weighted by atomic mass is 32.2. The maximum Gasteiger partial charge on any atom is 0.274 e. The first-order chi connectivity index (χ1) is 10.9. The second-order valence-corrected chi connectivity index (χ2v) is 7.07. The number of carbonyl (C=O) groups excluding carboxylic acids is 1. The molecule has 0 aliphatic carbocycles. The summed E-state index contributed by atoms with van der Waals surface area (Å²) in [7, 11) is -3.24. The molecule has 0 unspecified atom stereocenters. The van der Waals surface area contributed by atoms with Crippen molar-refractivity contribution >= 4 is 26.8 Å². The zero-order chi connectivity index (χ0) is 16.6. The Hall–Kier alpha value is -2.71. The number of rotatable bonds is 3. The van der Waals surface area contributed by atoms with Gasteiger partial charge in [0.15, 0.2) is 9.84 Å². The zero-order valence-corrected chi connectivity index (χ0v) is 12.9. The summed E-state index contributed by atoms with van der Waals surface area (Å²) in [5.74, 6) is -0.0536. The lowest BCUT2D eigenvalue weighted by Crippen LogP contribution is -2.18. The van der Waals surface area contributed by atoms with E-state index in [4.69, 9.17) is 5.21 Å². The Balaban J connectivity index is 2.02. The fourth-order valence-corrected chi connectivity index (χ4v) is 2.84. The van der Waals surface area contributed by atoms with Crippen molar-refractivity contribution < 1.29 is 18.4 Å². The number of benzene rings is 2. The molecule has 3 N–H and O–H groups in total. The van der Waals surface area contributed by atoms with E-state index in [0.29, 0.717) is 22.4 Å². The van der Waals surface area contributed by atoms with Crippen LogP contribution < -0.4 is 5.48 Å². The molecule has 7 nitrogen and oxygen atoms in total. The van der Waals surface area contributed by atoms with E-state index in [-0.39, 0.29) is 4.90 Å². The fourth-order valence-electron chi connectivity index (χ4n) is 2.21. The second-order valence-electron chi connectivity index (χ2n) is 5.05. The van der Waals surface area contributed by atoms with Crippen molar-refractivity contribution in [2.75, 3.05) is 6.26 Å². The minimum atomic E-state index is -3.24. The number of H-pyrrole nitrogens is 1. The predicted molar refractivity (Wildman–Crippen MR) is 83.9 cm³/mol. The number of hydrogen-bond donors (Lipinski definition) is 3. The fraction of sp³-hybridized carbons (Fsp3) is 0.0667. The average molecular weight is 331 g/mol. The van der Waals surface area contributed by atoms with Crippen molar-refractivity contribution in [3.05, 3.63) is 48.0 Å². The highest BCUT2D eigenvalue weighted by molar-refractivity contribution is 7.90. The lowest BCUT2D eigenvalue weighted by atomic mass is 10.2. The van der Waals surface area contributed by atoms with Crippen molar-refractivity contribution in [3.63, 3.8) is 0 Å². The Kier molecular flexibility index (Phi) is 3.63. The smallest absolute Gasteiger partial charge is 0.274 e. The molecule has 1 aromatic heterocycles. The van der Waals surface area contributed by atoms with E-state index >= 15 is 0 Å². The summed E-state index contributed by atoms with van der Waals surface area (Å²) in [5, 5.41) is 8.66. The highest BCUT2D eigenvalue weighted by Crippen LogP contribution is 2.22. The summed E-state index contributed by atoms with van der Waals surface area (Å²) in [4.78, 5) is 19.1. The van der Waals surface area contributed by atoms with Crippen molar-refractivity contribution in [2.24, 2.45) is 0 Å². The van der Waals surface area contributed by atoms with Gasteiger partial charge in [-0.1, -0.05) is 0 Å². The van der Waals surface area contributed by atoms with Gasteiger partial charge in [-0.3, -0.25) is 10.0 Å². The van der Waals surface area contributed by atoms with Gasteiger partial charge in [-0.2, -0.15) is 0 Å². The number of imidazole rings is 1. The van der Waals surface area contributed by atoms with Gasteiger partial charge in [0.1, 0.15) is 5.82 Å². The number of sulfone groups is 1. The van der Waals surface area contributed by atoms with Crippen LogP contribution in [0.2, 0.25) is 0 Å². The molecule has 0 radical (unpaired) electrons. The van der Waals surface area contributed by atoms with Gasteiger partial charge in [-0.05, 0) is 42.5 Å². The standard InChI is InChI=1S/C15H13N3O4S/c1-23(21,22)11-5-2-9(3-6-11)14-16-12-7-4-10(15(19)18-20)8-13(12)17-14/h2-8,20H,1H3,(H,16,17)(H,18,19). The van der Waals surface area contributed by atoms with Crippen molar-refractivity contribution in [1.29, 1.82) is 0 Å². The van der Waals surface area contributed by atoms with E-state index in [1.54, 1.807) is 35.8 Å². The van der Waals surface area contributed by atoms with Crippen LogP contribution in [0.1, 0.15) is 10.4 Å². The van der Waals surface area contributed by atoms with Crippen LogP contribution in [0.4, 0.5) is 0 Å². The van der Waals surface area contributed by atoms with Crippen molar-refractivity contribution in [3.8, 4) is 11.4 Å². The lowest BCUT2D eigenvalue weighted by molar-refractivity contribution is 0.0706. The Labute approximate surface area is 131 Å². The number of hydroxylamine groups is 1. The first kappa shape index (κ1) is 15.2. The number of hydrogen-bond acceptors (Lipinski definition) is 5. The van der Waals surface area contributed by atoms with Crippen LogP contribution in [-0.4, -0.2) is 35.8 Å². The molecular formula is C15H13N3O4S. The maximum atomic E-state index is 11.5. The number of carbonyl (C=O) groups is 1. The first-order valence-corrected chi connectivity index (χ1v) is 8.52. The van der Waals surface area contributed by atoms with Gasteiger partial charge in [0.05, 0.1) is 15.9 Å². The van der Waals surface area contributed by atoms with Crippen LogP contribution in [0.25, 0.3) is 22.4 Å². The predicted octanol–water partition coefficient (Wildman–Crippen LogP) is 1.75. The highest BCUT2D eigenvalue weighted by Gasteiger charge is 2.11. The van der Waals surface area contributed by atoms with E-state index in [0.717, 1.165) is 11.8 Å². The molecule has 0 aliphatic rings. The number of nitrogens with zero attached hydrogens (tertiary/aromatic N) is 1. The largest absolute Gasteiger partial charge is 0.338 e. The first-order valence-electron chi connectivity index (χ1n) is 6.63. The molecule has 118 valence electrons. The van der Waals surface area contributed by atoms with Gasteiger partial charge in [0, 0.05) is 17.4 Å². The molecule has 3 aromatic rings. The number of amides is 1. The van der Waals surface area contributed by atoms with Gasteiger partial charge in [-0.25, -0.2) is 18.9 Å². The van der Waals surface area contributed by atoms with Crippen molar-refractivity contribution in [2.45, 2.75) is 4.90 Å². The van der Waals surface area contributed by atoms with E-state index in [1.165, 1.54) is 12.1 Å². The molecule has 3 rings (SSSR count). The third kappa shape index (κ3) is 2.94. The second kappa shape index (κ2) is 5.49. The van der Waals surface area contributed by atoms with Gasteiger partial charge >= 0.3 is 0 Å². The number of fused-ring (bicyclic) bond motifs is 1. The molecule has 23 heavy (non-hydrogen) atoms. The van der Waals surface area contributed by atoms with Crippen molar-refractivity contribution in [1.82, 2.24) is 15.4 Å². The number of aromatic amines is 1. The topological polar surface area (TPSA) is 112 Å². The van der Waals surface area contributed by atoms with Gasteiger partial charge in [0.2, 0.25) is 0 Å². The average Bonchev–Trinajstić information content (AvgIpc) is 2.96. The third-order valence-electron chi connectivity index (χ3n) is 3.40. The Morgan fingerprint density at radius 3 is 2.48 bits per heavy atom. The van der Waals surface area contributed by atoms with Crippen LogP contribution >= 0.6 is 0 Å². The van der Waals surface area contributed by atoms with Gasteiger partial charge < -0.3 is 4.98 Å². The molecule has 0 atom stereocenters. The van der Waals surface area contributed by atoms with E-state index in [2.05, 4.69) is 9.97 Å². The number of nitrogens with one attached hydrogen (secondary N) is 2. The molecule has 0 fully saturated rings.